The summed E-state index contributed by atoms with van der Waals surface area (Å²) in [6.07, 6.45) is -2.24. The van der Waals surface area contributed by atoms with Gasteiger partial charge in [-0.3, -0.25) is 19.2 Å². The molecule has 2 aliphatic rings. The molecule has 0 bridgehead atoms. The summed E-state index contributed by atoms with van der Waals surface area (Å²) in [5, 5.41) is 0.797. The minimum absolute atomic E-state index is 0.199. The third-order valence-electron chi connectivity index (χ3n) is 6.65. The van der Waals surface area contributed by atoms with E-state index in [4.69, 9.17) is 32.8 Å². The zero-order valence-electron chi connectivity index (χ0n) is 22.8. The standard InChI is InChI=1S/C28H32O12/c1-14(29)34-13-23-24(35-15(2)30)25(36-16(3)31)26(37-17(4)32)28(40-23)38-18-10-11-20-19-8-6-5-7-9-21(19)27(33)39-22(20)12-18/h10-12,23-26,28H,5-9,13H2,1-4H3/t23-,24-,25+,26-,28-/m1/s1. The first kappa shape index (κ1) is 29.1. The predicted octanol–water partition coefficient (Wildman–Crippen LogP) is 2.52. The maximum Gasteiger partial charge on any atom is 0.339 e. The van der Waals surface area contributed by atoms with Crippen LogP contribution in [0.25, 0.3) is 11.0 Å². The number of carbonyl (C=O) groups excluding carboxylic acids is 4. The van der Waals surface area contributed by atoms with E-state index >= 15 is 0 Å². The molecule has 40 heavy (non-hydrogen) atoms. The van der Waals surface area contributed by atoms with Gasteiger partial charge in [0.05, 0.1) is 0 Å². The first-order valence-corrected chi connectivity index (χ1v) is 13.1. The van der Waals surface area contributed by atoms with Gasteiger partial charge in [0, 0.05) is 44.7 Å². The minimum atomic E-state index is -1.40. The fourth-order valence-corrected chi connectivity index (χ4v) is 5.09. The molecule has 1 saturated heterocycles. The number of carbonyl (C=O) groups is 4. The van der Waals surface area contributed by atoms with Gasteiger partial charge in [0.15, 0.2) is 12.2 Å². The lowest BCUT2D eigenvalue weighted by atomic mass is 9.98. The molecular weight excluding hydrogens is 528 g/mol. The van der Waals surface area contributed by atoms with Crippen LogP contribution in [0.4, 0.5) is 0 Å². The van der Waals surface area contributed by atoms with E-state index in [9.17, 15) is 24.0 Å². The molecule has 12 nitrogen and oxygen atoms in total. The minimum Gasteiger partial charge on any atom is -0.463 e. The Labute approximate surface area is 229 Å². The summed E-state index contributed by atoms with van der Waals surface area (Å²) in [4.78, 5) is 60.2. The number of hydrogen-bond acceptors (Lipinski definition) is 12. The van der Waals surface area contributed by atoms with Crippen LogP contribution in [-0.2, 0) is 55.7 Å². The summed E-state index contributed by atoms with van der Waals surface area (Å²) in [5.74, 6) is -2.66. The Kier molecular flexibility index (Phi) is 9.08. The van der Waals surface area contributed by atoms with E-state index in [0.29, 0.717) is 17.6 Å². The Balaban J connectivity index is 1.72. The van der Waals surface area contributed by atoms with Crippen LogP contribution in [0.1, 0.15) is 58.1 Å². The lowest BCUT2D eigenvalue weighted by Crippen LogP contribution is -2.63. The van der Waals surface area contributed by atoms with Crippen molar-refractivity contribution in [2.24, 2.45) is 0 Å². The van der Waals surface area contributed by atoms with Gasteiger partial charge in [-0.05, 0) is 43.4 Å². The van der Waals surface area contributed by atoms with Gasteiger partial charge in [-0.15, -0.1) is 0 Å². The Morgan fingerprint density at radius 2 is 1.43 bits per heavy atom. The number of hydrogen-bond donors (Lipinski definition) is 0. The van der Waals surface area contributed by atoms with E-state index in [0.717, 1.165) is 57.4 Å². The van der Waals surface area contributed by atoms with Gasteiger partial charge in [-0.2, -0.15) is 0 Å². The number of ether oxygens (including phenoxy) is 6. The molecule has 216 valence electrons. The Hall–Kier alpha value is -3.93. The molecule has 2 heterocycles. The second-order valence-electron chi connectivity index (χ2n) is 9.75. The Morgan fingerprint density at radius 1 is 0.800 bits per heavy atom. The van der Waals surface area contributed by atoms with E-state index in [-0.39, 0.29) is 12.4 Å². The smallest absolute Gasteiger partial charge is 0.339 e. The average Bonchev–Trinajstić information content (AvgIpc) is 3.12. The van der Waals surface area contributed by atoms with Crippen LogP contribution < -0.4 is 10.4 Å². The summed E-state index contributed by atoms with van der Waals surface area (Å²) >= 11 is 0. The largest absolute Gasteiger partial charge is 0.463 e. The van der Waals surface area contributed by atoms with Gasteiger partial charge in [0.25, 0.3) is 0 Å². The van der Waals surface area contributed by atoms with Crippen molar-refractivity contribution in [3.05, 3.63) is 39.7 Å². The molecule has 4 rings (SSSR count). The fraction of sp³-hybridized carbons (Fsp3) is 0.536. The fourth-order valence-electron chi connectivity index (χ4n) is 5.09. The number of benzene rings is 1. The molecule has 0 radical (unpaired) electrons. The van der Waals surface area contributed by atoms with Gasteiger partial charge in [0.1, 0.15) is 24.0 Å². The lowest BCUT2D eigenvalue weighted by Gasteiger charge is -2.43. The highest BCUT2D eigenvalue weighted by Gasteiger charge is 2.53. The highest BCUT2D eigenvalue weighted by molar-refractivity contribution is 5.82. The lowest BCUT2D eigenvalue weighted by molar-refractivity contribution is -0.288. The van der Waals surface area contributed by atoms with E-state index < -0.39 is 60.2 Å². The van der Waals surface area contributed by atoms with Gasteiger partial charge in [-0.25, -0.2) is 4.79 Å². The summed E-state index contributed by atoms with van der Waals surface area (Å²) in [6.45, 7) is 4.23. The molecule has 2 aromatic rings. The van der Waals surface area contributed by atoms with Crippen molar-refractivity contribution in [2.45, 2.75) is 90.5 Å². The predicted molar refractivity (Wildman–Crippen MR) is 136 cm³/mol. The van der Waals surface area contributed by atoms with E-state index in [1.165, 1.54) is 13.0 Å². The molecule has 0 amide bonds. The third-order valence-corrected chi connectivity index (χ3v) is 6.65. The molecule has 0 N–H and O–H groups in total. The number of aryl methyl sites for hydroxylation is 1. The molecule has 1 aliphatic carbocycles. The van der Waals surface area contributed by atoms with Crippen LogP contribution in [-0.4, -0.2) is 61.2 Å². The second kappa shape index (κ2) is 12.5. The van der Waals surface area contributed by atoms with Gasteiger partial charge >= 0.3 is 29.5 Å². The molecule has 1 aromatic heterocycles. The van der Waals surface area contributed by atoms with Gasteiger partial charge in [-0.1, -0.05) is 6.42 Å². The monoisotopic (exact) mass is 560 g/mol. The van der Waals surface area contributed by atoms with Crippen LogP contribution >= 0.6 is 0 Å². The van der Waals surface area contributed by atoms with E-state index in [2.05, 4.69) is 0 Å². The average molecular weight is 561 g/mol. The third kappa shape index (κ3) is 6.79. The summed E-state index contributed by atoms with van der Waals surface area (Å²) in [5.41, 5.74) is 1.57. The summed E-state index contributed by atoms with van der Waals surface area (Å²) < 4.78 is 39.0. The maximum absolute atomic E-state index is 12.7. The molecule has 1 fully saturated rings. The normalized spacial score (nSPS) is 24.2. The van der Waals surface area contributed by atoms with Crippen molar-refractivity contribution < 1.29 is 52.0 Å². The van der Waals surface area contributed by atoms with Crippen molar-refractivity contribution in [1.82, 2.24) is 0 Å². The van der Waals surface area contributed by atoms with Crippen molar-refractivity contribution in [3.63, 3.8) is 0 Å². The molecule has 12 heteroatoms. The second-order valence-corrected chi connectivity index (χ2v) is 9.75. The number of esters is 4. The van der Waals surface area contributed by atoms with Crippen molar-refractivity contribution in [3.8, 4) is 5.75 Å². The van der Waals surface area contributed by atoms with Crippen molar-refractivity contribution in [2.75, 3.05) is 6.61 Å². The van der Waals surface area contributed by atoms with Crippen LogP contribution in [0.3, 0.4) is 0 Å². The first-order chi connectivity index (χ1) is 19.0. The zero-order valence-corrected chi connectivity index (χ0v) is 22.8. The van der Waals surface area contributed by atoms with Crippen molar-refractivity contribution >= 4 is 34.8 Å². The van der Waals surface area contributed by atoms with E-state index in [1.807, 2.05) is 0 Å². The van der Waals surface area contributed by atoms with Crippen LogP contribution in [0.5, 0.6) is 5.75 Å². The zero-order chi connectivity index (χ0) is 29.0. The molecule has 0 spiro atoms. The molecule has 0 unspecified atom stereocenters. The van der Waals surface area contributed by atoms with Gasteiger partial charge < -0.3 is 32.8 Å². The summed E-state index contributed by atoms with van der Waals surface area (Å²) in [7, 11) is 0. The summed E-state index contributed by atoms with van der Waals surface area (Å²) in [6, 6.07) is 4.96. The van der Waals surface area contributed by atoms with E-state index in [1.54, 1.807) is 12.1 Å². The molecule has 5 atom stereocenters. The highest BCUT2D eigenvalue weighted by Crippen LogP contribution is 2.33. The Bertz CT molecular complexity index is 1340. The molecule has 1 aliphatic heterocycles. The number of rotatable bonds is 7. The van der Waals surface area contributed by atoms with Crippen molar-refractivity contribution in [1.29, 1.82) is 0 Å². The molecule has 1 aromatic carbocycles. The van der Waals surface area contributed by atoms with Crippen LogP contribution in [0.2, 0.25) is 0 Å². The molecular formula is C28H32O12. The maximum atomic E-state index is 12.7. The molecule has 0 saturated carbocycles. The number of fused-ring (bicyclic) bond motifs is 3. The quantitative estimate of drug-likeness (QED) is 0.212. The first-order valence-electron chi connectivity index (χ1n) is 13.1. The van der Waals surface area contributed by atoms with Crippen LogP contribution in [0, 0.1) is 0 Å². The van der Waals surface area contributed by atoms with Crippen LogP contribution in [0.15, 0.2) is 27.4 Å². The van der Waals surface area contributed by atoms with Gasteiger partial charge in [0.2, 0.25) is 12.4 Å². The highest BCUT2D eigenvalue weighted by atomic mass is 16.7. The SMILES string of the molecule is CC(=O)OC[C@H]1O[C@@H](Oc2ccc3c4c(c(=O)oc3c2)CCCCC4)[C@H](OC(C)=O)[C@@H](OC(C)=O)[C@@H]1OC(C)=O. The Morgan fingerprint density at radius 3 is 2.08 bits per heavy atom. The topological polar surface area (TPSA) is 154 Å².